The van der Waals surface area contributed by atoms with Gasteiger partial charge in [0, 0.05) is 31.6 Å². The van der Waals surface area contributed by atoms with Crippen molar-refractivity contribution >= 4 is 5.91 Å². The molecule has 0 aromatic heterocycles. The molecule has 22 heavy (non-hydrogen) atoms. The SMILES string of the molecule is CCc1ccc(C(C)(C)NCC(O)CN2CCCC2=O)cc1. The lowest BCUT2D eigenvalue weighted by Gasteiger charge is -2.29. The number of rotatable bonds is 7. The molecule has 0 spiro atoms. The molecule has 0 saturated carbocycles. The number of amides is 1. The van der Waals surface area contributed by atoms with Gasteiger partial charge in [-0.25, -0.2) is 0 Å². The fraction of sp³-hybridized carbons (Fsp3) is 0.611. The Morgan fingerprint density at radius 1 is 1.32 bits per heavy atom. The normalized spacial score (nSPS) is 17.1. The third kappa shape index (κ3) is 4.31. The van der Waals surface area contributed by atoms with Crippen molar-refractivity contribution in [2.75, 3.05) is 19.6 Å². The molecule has 1 aromatic rings. The molecule has 1 saturated heterocycles. The van der Waals surface area contributed by atoms with E-state index in [1.165, 1.54) is 11.1 Å². The summed E-state index contributed by atoms with van der Waals surface area (Å²) in [6.07, 6.45) is 2.04. The number of carbonyl (C=O) groups excluding carboxylic acids is 1. The molecule has 1 fully saturated rings. The van der Waals surface area contributed by atoms with Crippen LogP contribution in [0.15, 0.2) is 24.3 Å². The number of carbonyl (C=O) groups is 1. The van der Waals surface area contributed by atoms with E-state index in [1.54, 1.807) is 4.90 Å². The Morgan fingerprint density at radius 2 is 2.00 bits per heavy atom. The van der Waals surface area contributed by atoms with E-state index in [0.717, 1.165) is 19.4 Å². The zero-order chi connectivity index (χ0) is 16.2. The number of hydrogen-bond acceptors (Lipinski definition) is 3. The highest BCUT2D eigenvalue weighted by molar-refractivity contribution is 5.78. The second-order valence-electron chi connectivity index (χ2n) is 6.65. The van der Waals surface area contributed by atoms with E-state index in [0.29, 0.717) is 19.5 Å². The molecule has 1 unspecified atom stereocenters. The summed E-state index contributed by atoms with van der Waals surface area (Å²) in [4.78, 5) is 13.3. The highest BCUT2D eigenvalue weighted by atomic mass is 16.3. The minimum absolute atomic E-state index is 0.161. The van der Waals surface area contributed by atoms with Crippen molar-refractivity contribution in [2.45, 2.75) is 51.7 Å². The van der Waals surface area contributed by atoms with Crippen molar-refractivity contribution in [3.8, 4) is 0 Å². The van der Waals surface area contributed by atoms with Crippen molar-refractivity contribution in [1.29, 1.82) is 0 Å². The van der Waals surface area contributed by atoms with Gasteiger partial charge in [0.2, 0.25) is 5.91 Å². The smallest absolute Gasteiger partial charge is 0.222 e. The third-order valence-electron chi connectivity index (χ3n) is 4.47. The van der Waals surface area contributed by atoms with Gasteiger partial charge in [-0.05, 0) is 37.8 Å². The Bertz CT molecular complexity index is 496. The van der Waals surface area contributed by atoms with Gasteiger partial charge in [-0.3, -0.25) is 4.79 Å². The van der Waals surface area contributed by atoms with E-state index >= 15 is 0 Å². The average Bonchev–Trinajstić information content (AvgIpc) is 2.90. The largest absolute Gasteiger partial charge is 0.390 e. The Kier molecular flexibility index (Phi) is 5.59. The molecule has 0 aliphatic carbocycles. The minimum Gasteiger partial charge on any atom is -0.390 e. The van der Waals surface area contributed by atoms with Crippen LogP contribution >= 0.6 is 0 Å². The van der Waals surface area contributed by atoms with Gasteiger partial charge in [-0.2, -0.15) is 0 Å². The summed E-state index contributed by atoms with van der Waals surface area (Å²) in [7, 11) is 0. The molecular formula is C18H28N2O2. The first-order valence-corrected chi connectivity index (χ1v) is 8.22. The van der Waals surface area contributed by atoms with E-state index in [1.807, 2.05) is 0 Å². The fourth-order valence-electron chi connectivity index (χ4n) is 2.85. The Hall–Kier alpha value is -1.39. The van der Waals surface area contributed by atoms with Crippen LogP contribution in [-0.2, 0) is 16.8 Å². The number of likely N-dealkylation sites (tertiary alicyclic amines) is 1. The summed E-state index contributed by atoms with van der Waals surface area (Å²) < 4.78 is 0. The van der Waals surface area contributed by atoms with Crippen LogP contribution in [0.25, 0.3) is 0 Å². The van der Waals surface area contributed by atoms with Crippen LogP contribution in [0.5, 0.6) is 0 Å². The van der Waals surface area contributed by atoms with Crippen LogP contribution in [-0.4, -0.2) is 41.7 Å². The first kappa shape index (κ1) is 17.0. The predicted molar refractivity (Wildman–Crippen MR) is 88.7 cm³/mol. The molecule has 1 aromatic carbocycles. The number of nitrogens with one attached hydrogen (secondary N) is 1. The van der Waals surface area contributed by atoms with Gasteiger partial charge in [0.25, 0.3) is 0 Å². The Balaban J connectivity index is 1.86. The van der Waals surface area contributed by atoms with Gasteiger partial charge in [0.15, 0.2) is 0 Å². The Labute approximate surface area is 133 Å². The van der Waals surface area contributed by atoms with Crippen LogP contribution < -0.4 is 5.32 Å². The maximum absolute atomic E-state index is 11.6. The lowest BCUT2D eigenvalue weighted by molar-refractivity contribution is -0.128. The second-order valence-corrected chi connectivity index (χ2v) is 6.65. The monoisotopic (exact) mass is 304 g/mol. The van der Waals surface area contributed by atoms with Crippen molar-refractivity contribution in [3.63, 3.8) is 0 Å². The van der Waals surface area contributed by atoms with E-state index in [9.17, 15) is 9.90 Å². The molecule has 0 radical (unpaired) electrons. The molecule has 0 bridgehead atoms. The van der Waals surface area contributed by atoms with Crippen LogP contribution in [0.1, 0.15) is 44.7 Å². The maximum Gasteiger partial charge on any atom is 0.222 e. The second kappa shape index (κ2) is 7.25. The van der Waals surface area contributed by atoms with Crippen LogP contribution in [0.4, 0.5) is 0 Å². The molecule has 4 nitrogen and oxygen atoms in total. The lowest BCUT2D eigenvalue weighted by Crippen LogP contribution is -2.45. The summed E-state index contributed by atoms with van der Waals surface area (Å²) in [5.74, 6) is 0.161. The topological polar surface area (TPSA) is 52.6 Å². The fourth-order valence-corrected chi connectivity index (χ4v) is 2.85. The molecular weight excluding hydrogens is 276 g/mol. The molecule has 122 valence electrons. The number of hydrogen-bond donors (Lipinski definition) is 2. The zero-order valence-corrected chi connectivity index (χ0v) is 13.9. The van der Waals surface area contributed by atoms with Crippen LogP contribution in [0, 0.1) is 0 Å². The lowest BCUT2D eigenvalue weighted by atomic mass is 9.93. The number of benzene rings is 1. The first-order chi connectivity index (χ1) is 10.4. The molecule has 2 rings (SSSR count). The van der Waals surface area contributed by atoms with Gasteiger partial charge in [0.1, 0.15) is 0 Å². The average molecular weight is 304 g/mol. The summed E-state index contributed by atoms with van der Waals surface area (Å²) in [5, 5.41) is 13.6. The van der Waals surface area contributed by atoms with E-state index in [4.69, 9.17) is 0 Å². The minimum atomic E-state index is -0.531. The maximum atomic E-state index is 11.6. The number of nitrogens with zero attached hydrogens (tertiary/aromatic N) is 1. The number of aryl methyl sites for hydroxylation is 1. The third-order valence-corrected chi connectivity index (χ3v) is 4.47. The molecule has 4 heteroatoms. The van der Waals surface area contributed by atoms with Crippen molar-refractivity contribution in [2.24, 2.45) is 0 Å². The van der Waals surface area contributed by atoms with E-state index in [2.05, 4.69) is 50.4 Å². The molecule has 1 amide bonds. The van der Waals surface area contributed by atoms with Crippen molar-refractivity contribution in [3.05, 3.63) is 35.4 Å². The van der Waals surface area contributed by atoms with Gasteiger partial charge < -0.3 is 15.3 Å². The van der Waals surface area contributed by atoms with Crippen LogP contribution in [0.2, 0.25) is 0 Å². The van der Waals surface area contributed by atoms with E-state index in [-0.39, 0.29) is 11.4 Å². The number of β-amino-alcohol motifs (C(OH)–C–C–N with tert-alkyl or cyclic N) is 1. The Morgan fingerprint density at radius 3 is 2.55 bits per heavy atom. The molecule has 1 atom stereocenters. The van der Waals surface area contributed by atoms with Gasteiger partial charge in [-0.1, -0.05) is 31.2 Å². The highest BCUT2D eigenvalue weighted by Gasteiger charge is 2.25. The molecule has 1 aliphatic heterocycles. The number of aliphatic hydroxyl groups is 1. The zero-order valence-electron chi connectivity index (χ0n) is 13.9. The van der Waals surface area contributed by atoms with Gasteiger partial charge >= 0.3 is 0 Å². The summed E-state index contributed by atoms with van der Waals surface area (Å²) in [6.45, 7) is 8.05. The predicted octanol–water partition coefficient (Wildman–Crippen LogP) is 2.06. The van der Waals surface area contributed by atoms with Crippen molar-refractivity contribution in [1.82, 2.24) is 10.2 Å². The van der Waals surface area contributed by atoms with Gasteiger partial charge in [-0.15, -0.1) is 0 Å². The summed E-state index contributed by atoms with van der Waals surface area (Å²) in [6, 6.07) is 8.58. The summed E-state index contributed by atoms with van der Waals surface area (Å²) >= 11 is 0. The van der Waals surface area contributed by atoms with E-state index < -0.39 is 6.10 Å². The quantitative estimate of drug-likeness (QED) is 0.811. The van der Waals surface area contributed by atoms with Crippen LogP contribution in [0.3, 0.4) is 0 Å². The van der Waals surface area contributed by atoms with Crippen molar-refractivity contribution < 1.29 is 9.90 Å². The highest BCUT2D eigenvalue weighted by Crippen LogP contribution is 2.20. The molecule has 2 N–H and O–H groups in total. The molecule has 1 aliphatic rings. The first-order valence-electron chi connectivity index (χ1n) is 8.22. The molecule has 1 heterocycles. The number of aliphatic hydroxyl groups excluding tert-OH is 1. The van der Waals surface area contributed by atoms with Gasteiger partial charge in [0.05, 0.1) is 6.10 Å². The summed E-state index contributed by atoms with van der Waals surface area (Å²) in [5.41, 5.74) is 2.32. The standard InChI is InChI=1S/C18H28N2O2/c1-4-14-7-9-15(10-8-14)18(2,3)19-12-16(21)13-20-11-5-6-17(20)22/h7-10,16,19,21H,4-6,11-13H2,1-3H3.